The fraction of sp³-hybridized carbons (Fsp3) is 0.688. The Morgan fingerprint density at radius 1 is 1.09 bits per heavy atom. The predicted octanol–water partition coefficient (Wildman–Crippen LogP) is -0.124. The van der Waals surface area contributed by atoms with Crippen molar-refractivity contribution in [1.29, 1.82) is 5.26 Å². The van der Waals surface area contributed by atoms with Gasteiger partial charge in [0.2, 0.25) is 0 Å². The maximum absolute atomic E-state index is 12.3. The Kier molecular flexibility index (Phi) is 4.02. The van der Waals surface area contributed by atoms with E-state index in [-0.39, 0.29) is 11.3 Å². The van der Waals surface area contributed by atoms with Crippen molar-refractivity contribution >= 4 is 5.82 Å². The topological polar surface area (TPSA) is 74.3 Å². The standard InChI is InChI=1S/C16H23N5O2/c1-18-8-6-13-11(10-18)5-4-7-21(13)14-12(9-17)15(22)20(3)16(23)19(14)2/h11,13H,4-8,10H2,1-3H3/t11-,13+/m1/s1. The van der Waals surface area contributed by atoms with Gasteiger partial charge in [-0.05, 0) is 38.8 Å². The molecule has 0 radical (unpaired) electrons. The van der Waals surface area contributed by atoms with Crippen LogP contribution < -0.4 is 16.1 Å². The Morgan fingerprint density at radius 2 is 1.83 bits per heavy atom. The number of piperidine rings is 2. The lowest BCUT2D eigenvalue weighted by Gasteiger charge is -2.47. The van der Waals surface area contributed by atoms with E-state index >= 15 is 0 Å². The molecule has 2 fully saturated rings. The van der Waals surface area contributed by atoms with E-state index in [2.05, 4.69) is 16.8 Å². The number of hydrogen-bond donors (Lipinski definition) is 0. The van der Waals surface area contributed by atoms with Crippen LogP contribution in [0.15, 0.2) is 9.59 Å². The summed E-state index contributed by atoms with van der Waals surface area (Å²) in [6, 6.07) is 2.33. The second-order valence-electron chi connectivity index (χ2n) is 6.73. The van der Waals surface area contributed by atoms with Crippen molar-refractivity contribution in [3.05, 3.63) is 26.4 Å². The number of rotatable bonds is 1. The number of aromatic nitrogens is 2. The fourth-order valence-electron chi connectivity index (χ4n) is 4.12. The van der Waals surface area contributed by atoms with Crippen molar-refractivity contribution in [2.45, 2.75) is 25.3 Å². The highest BCUT2D eigenvalue weighted by molar-refractivity contribution is 5.54. The van der Waals surface area contributed by atoms with Gasteiger partial charge in [0.25, 0.3) is 5.56 Å². The van der Waals surface area contributed by atoms with Crippen LogP contribution >= 0.6 is 0 Å². The first-order chi connectivity index (χ1) is 11.0. The Balaban J connectivity index is 2.13. The smallest absolute Gasteiger partial charge is 0.332 e. The minimum absolute atomic E-state index is 0.0779. The van der Waals surface area contributed by atoms with Gasteiger partial charge in [-0.2, -0.15) is 5.26 Å². The molecule has 0 aromatic carbocycles. The van der Waals surface area contributed by atoms with Crippen LogP contribution in [0.4, 0.5) is 5.82 Å². The Hall–Kier alpha value is -2.07. The summed E-state index contributed by atoms with van der Waals surface area (Å²) in [5.74, 6) is 1.02. The fourth-order valence-corrected chi connectivity index (χ4v) is 4.12. The molecule has 3 rings (SSSR count). The normalized spacial score (nSPS) is 25.0. The molecule has 0 spiro atoms. The summed E-state index contributed by atoms with van der Waals surface area (Å²) < 4.78 is 2.47. The molecule has 0 saturated carbocycles. The van der Waals surface area contributed by atoms with Crippen LogP contribution in [0, 0.1) is 17.2 Å². The van der Waals surface area contributed by atoms with Gasteiger partial charge in [0.05, 0.1) is 0 Å². The average molecular weight is 317 g/mol. The van der Waals surface area contributed by atoms with Crippen molar-refractivity contribution in [2.75, 3.05) is 31.6 Å². The molecule has 0 unspecified atom stereocenters. The minimum atomic E-state index is -0.499. The van der Waals surface area contributed by atoms with Gasteiger partial charge in [-0.1, -0.05) is 0 Å². The highest BCUT2D eigenvalue weighted by atomic mass is 16.2. The highest BCUT2D eigenvalue weighted by Gasteiger charge is 2.37. The first kappa shape index (κ1) is 15.8. The third-order valence-electron chi connectivity index (χ3n) is 5.29. The molecule has 2 atom stereocenters. The van der Waals surface area contributed by atoms with Gasteiger partial charge in [-0.3, -0.25) is 13.9 Å². The van der Waals surface area contributed by atoms with Gasteiger partial charge in [-0.25, -0.2) is 4.79 Å². The van der Waals surface area contributed by atoms with Gasteiger partial charge in [-0.15, -0.1) is 0 Å². The van der Waals surface area contributed by atoms with E-state index < -0.39 is 5.56 Å². The van der Waals surface area contributed by atoms with E-state index in [9.17, 15) is 14.9 Å². The molecule has 2 aliphatic rings. The molecule has 1 aromatic heterocycles. The van der Waals surface area contributed by atoms with Crippen molar-refractivity contribution in [1.82, 2.24) is 14.0 Å². The van der Waals surface area contributed by atoms with E-state index in [1.165, 1.54) is 11.6 Å². The number of hydrogen-bond acceptors (Lipinski definition) is 5. The van der Waals surface area contributed by atoms with Crippen LogP contribution in [0.5, 0.6) is 0 Å². The highest BCUT2D eigenvalue weighted by Crippen LogP contribution is 2.33. The van der Waals surface area contributed by atoms with Crippen molar-refractivity contribution in [3.8, 4) is 6.07 Å². The number of anilines is 1. The SMILES string of the molecule is CN1CC[C@H]2[C@H](CCCN2c2c(C#N)c(=O)n(C)c(=O)n2C)C1. The lowest BCUT2D eigenvalue weighted by molar-refractivity contribution is 0.153. The molecule has 0 bridgehead atoms. The molecule has 0 aliphatic carbocycles. The molecule has 2 saturated heterocycles. The van der Waals surface area contributed by atoms with E-state index in [0.29, 0.717) is 17.8 Å². The monoisotopic (exact) mass is 317 g/mol. The van der Waals surface area contributed by atoms with Crippen molar-refractivity contribution in [2.24, 2.45) is 20.0 Å². The molecule has 7 nitrogen and oxygen atoms in total. The Morgan fingerprint density at radius 3 is 2.52 bits per heavy atom. The summed E-state index contributed by atoms with van der Waals surface area (Å²) in [4.78, 5) is 29.1. The summed E-state index contributed by atoms with van der Waals surface area (Å²) in [6.45, 7) is 2.82. The number of likely N-dealkylation sites (tertiary alicyclic amines) is 1. The second-order valence-corrected chi connectivity index (χ2v) is 6.73. The van der Waals surface area contributed by atoms with Crippen LogP contribution in [-0.2, 0) is 14.1 Å². The molecule has 0 N–H and O–H groups in total. The van der Waals surface area contributed by atoms with Crippen LogP contribution in [0.1, 0.15) is 24.8 Å². The summed E-state index contributed by atoms with van der Waals surface area (Å²) in [6.07, 6.45) is 3.17. The summed E-state index contributed by atoms with van der Waals surface area (Å²) in [5, 5.41) is 9.49. The number of nitrogens with zero attached hydrogens (tertiary/aromatic N) is 5. The first-order valence-electron chi connectivity index (χ1n) is 8.11. The molecular weight excluding hydrogens is 294 g/mol. The summed E-state index contributed by atoms with van der Waals surface area (Å²) in [5.41, 5.74) is -0.797. The van der Waals surface area contributed by atoms with E-state index in [1.807, 2.05) is 6.07 Å². The number of nitriles is 1. The van der Waals surface area contributed by atoms with Gasteiger partial charge in [0.15, 0.2) is 5.56 Å². The number of fused-ring (bicyclic) bond motifs is 1. The zero-order valence-electron chi connectivity index (χ0n) is 13.9. The maximum atomic E-state index is 12.3. The summed E-state index contributed by atoms with van der Waals surface area (Å²) >= 11 is 0. The molecule has 23 heavy (non-hydrogen) atoms. The van der Waals surface area contributed by atoms with Gasteiger partial charge >= 0.3 is 5.69 Å². The van der Waals surface area contributed by atoms with Crippen LogP contribution in [0.2, 0.25) is 0 Å². The Labute approximate surface area is 135 Å². The molecule has 7 heteroatoms. The Bertz CT molecular complexity index is 772. The lowest BCUT2D eigenvalue weighted by atomic mass is 9.84. The molecule has 124 valence electrons. The minimum Gasteiger partial charge on any atom is -0.353 e. The van der Waals surface area contributed by atoms with Crippen LogP contribution in [0.3, 0.4) is 0 Å². The molecule has 3 heterocycles. The van der Waals surface area contributed by atoms with Gasteiger partial charge in [0, 0.05) is 33.2 Å². The third-order valence-corrected chi connectivity index (χ3v) is 5.29. The third kappa shape index (κ3) is 2.47. The lowest BCUT2D eigenvalue weighted by Crippen LogP contribution is -2.55. The zero-order chi connectivity index (χ0) is 16.7. The van der Waals surface area contributed by atoms with Crippen molar-refractivity contribution in [3.63, 3.8) is 0 Å². The van der Waals surface area contributed by atoms with E-state index in [0.717, 1.165) is 43.5 Å². The van der Waals surface area contributed by atoms with E-state index in [4.69, 9.17) is 0 Å². The zero-order valence-corrected chi connectivity index (χ0v) is 13.9. The molecule has 1 aromatic rings. The molecule has 0 amide bonds. The second kappa shape index (κ2) is 5.85. The van der Waals surface area contributed by atoms with Gasteiger partial charge < -0.3 is 9.80 Å². The van der Waals surface area contributed by atoms with E-state index in [1.54, 1.807) is 7.05 Å². The quantitative estimate of drug-likeness (QED) is 0.722. The molecular formula is C16H23N5O2. The summed E-state index contributed by atoms with van der Waals surface area (Å²) in [7, 11) is 5.20. The van der Waals surface area contributed by atoms with Crippen LogP contribution in [-0.4, -0.2) is 46.8 Å². The largest absolute Gasteiger partial charge is 0.353 e. The van der Waals surface area contributed by atoms with Gasteiger partial charge in [0.1, 0.15) is 11.9 Å². The average Bonchev–Trinajstić information content (AvgIpc) is 2.55. The predicted molar refractivity (Wildman–Crippen MR) is 87.6 cm³/mol. The molecule has 2 aliphatic heterocycles. The van der Waals surface area contributed by atoms with Crippen LogP contribution in [0.25, 0.3) is 0 Å². The van der Waals surface area contributed by atoms with Crippen molar-refractivity contribution < 1.29 is 0 Å². The first-order valence-corrected chi connectivity index (χ1v) is 8.11. The maximum Gasteiger partial charge on any atom is 0.332 e.